The second-order valence-electron chi connectivity index (χ2n) is 4.49. The summed E-state index contributed by atoms with van der Waals surface area (Å²) in [7, 11) is 0. The fraction of sp³-hybridized carbons (Fsp3) is 0.133. The van der Waals surface area contributed by atoms with E-state index in [1.165, 1.54) is 12.1 Å². The largest absolute Gasteiger partial charge is 0.381 e. The highest BCUT2D eigenvalue weighted by atomic mass is 19.1. The lowest BCUT2D eigenvalue weighted by Gasteiger charge is -2.10. The zero-order chi connectivity index (χ0) is 14.5. The number of carbonyl (C=O) groups excluding carboxylic acids is 1. The van der Waals surface area contributed by atoms with E-state index in [1.54, 1.807) is 18.2 Å². The Labute approximate surface area is 116 Å². The third-order valence-electron chi connectivity index (χ3n) is 2.95. The number of benzene rings is 2. The van der Waals surface area contributed by atoms with Gasteiger partial charge in [0.15, 0.2) is 0 Å². The van der Waals surface area contributed by atoms with Crippen molar-refractivity contribution >= 4 is 17.4 Å². The van der Waals surface area contributed by atoms with E-state index in [1.807, 2.05) is 19.1 Å². The molecule has 0 spiro atoms. The van der Waals surface area contributed by atoms with Gasteiger partial charge in [-0.1, -0.05) is 6.07 Å². The van der Waals surface area contributed by atoms with Crippen LogP contribution in [0.4, 0.5) is 20.6 Å². The minimum Gasteiger partial charge on any atom is -0.381 e. The summed E-state index contributed by atoms with van der Waals surface area (Å²) in [5.41, 5.74) is 8.47. The fourth-order valence-corrected chi connectivity index (χ4v) is 1.84. The molecule has 0 heterocycles. The minimum atomic E-state index is -0.596. The molecular formula is C15H16FN3O. The van der Waals surface area contributed by atoms with Gasteiger partial charge in [-0.15, -0.1) is 0 Å². The van der Waals surface area contributed by atoms with Crippen molar-refractivity contribution in [1.29, 1.82) is 0 Å². The molecule has 0 atom stereocenters. The van der Waals surface area contributed by atoms with Crippen LogP contribution in [0.25, 0.3) is 0 Å². The van der Waals surface area contributed by atoms with E-state index in [2.05, 4.69) is 10.6 Å². The summed E-state index contributed by atoms with van der Waals surface area (Å²) in [6.45, 7) is 2.47. The number of aryl methyl sites for hydroxylation is 1. The van der Waals surface area contributed by atoms with Crippen LogP contribution in [0.1, 0.15) is 11.1 Å². The molecule has 0 bridgehead atoms. The first kappa shape index (κ1) is 13.9. The van der Waals surface area contributed by atoms with E-state index in [0.717, 1.165) is 16.8 Å². The Kier molecular flexibility index (Phi) is 4.20. The summed E-state index contributed by atoms with van der Waals surface area (Å²) in [6, 6.07) is 11.2. The summed E-state index contributed by atoms with van der Waals surface area (Å²) in [5, 5.41) is 5.68. The molecule has 2 rings (SSSR count). The normalized spacial score (nSPS) is 10.1. The lowest BCUT2D eigenvalue weighted by molar-refractivity contribution is 0.259. The summed E-state index contributed by atoms with van der Waals surface area (Å²) in [5.74, 6) is -0.242. The predicted octanol–water partition coefficient (Wildman–Crippen LogP) is 3.24. The number of nitrogens with one attached hydrogen (secondary N) is 2. The van der Waals surface area contributed by atoms with Crippen molar-refractivity contribution in [3.8, 4) is 0 Å². The highest BCUT2D eigenvalue weighted by Gasteiger charge is 2.01. The molecule has 0 saturated carbocycles. The molecule has 2 aromatic rings. The quantitative estimate of drug-likeness (QED) is 0.800. The van der Waals surface area contributed by atoms with Gasteiger partial charge in [0.25, 0.3) is 0 Å². The average Bonchev–Trinajstić information content (AvgIpc) is 2.41. The third kappa shape index (κ3) is 3.71. The fourth-order valence-electron chi connectivity index (χ4n) is 1.84. The van der Waals surface area contributed by atoms with Gasteiger partial charge in [-0.2, -0.15) is 0 Å². The van der Waals surface area contributed by atoms with Crippen molar-refractivity contribution < 1.29 is 9.18 Å². The van der Waals surface area contributed by atoms with Gasteiger partial charge in [0.05, 0.1) is 0 Å². The molecule has 0 aliphatic carbocycles. The number of urea groups is 1. The lowest BCUT2D eigenvalue weighted by atomic mass is 10.1. The van der Waals surface area contributed by atoms with Crippen LogP contribution >= 0.6 is 0 Å². The Morgan fingerprint density at radius 3 is 2.45 bits per heavy atom. The molecule has 4 nitrogen and oxygen atoms in total. The van der Waals surface area contributed by atoms with Crippen molar-refractivity contribution in [1.82, 2.24) is 0 Å². The number of hydrogen-bond acceptors (Lipinski definition) is 2. The molecule has 2 aromatic carbocycles. The molecule has 0 saturated heterocycles. The molecule has 0 fully saturated rings. The van der Waals surface area contributed by atoms with Gasteiger partial charge in [0.1, 0.15) is 5.82 Å². The maximum Gasteiger partial charge on any atom is 0.316 e. The number of amides is 2. The van der Waals surface area contributed by atoms with Crippen molar-refractivity contribution in [2.24, 2.45) is 5.73 Å². The van der Waals surface area contributed by atoms with Crippen LogP contribution in [0, 0.1) is 12.7 Å². The lowest BCUT2D eigenvalue weighted by Crippen LogP contribution is -2.19. The SMILES string of the molecule is Cc1ccc(F)cc1CNc1ccc(NC(N)=O)cc1. The van der Waals surface area contributed by atoms with Crippen molar-refractivity contribution in [2.75, 3.05) is 10.6 Å². The molecule has 20 heavy (non-hydrogen) atoms. The van der Waals surface area contributed by atoms with Crippen LogP contribution in [-0.2, 0) is 6.54 Å². The Morgan fingerprint density at radius 1 is 1.15 bits per heavy atom. The summed E-state index contributed by atoms with van der Waals surface area (Å²) < 4.78 is 13.2. The van der Waals surface area contributed by atoms with Gasteiger partial charge in [0, 0.05) is 17.9 Å². The molecule has 0 aliphatic heterocycles. The van der Waals surface area contributed by atoms with Crippen molar-refractivity contribution in [3.05, 3.63) is 59.4 Å². The number of rotatable bonds is 4. The minimum absolute atomic E-state index is 0.242. The first-order valence-corrected chi connectivity index (χ1v) is 6.20. The standard InChI is InChI=1S/C15H16FN3O/c1-10-2-3-12(16)8-11(10)9-18-13-4-6-14(7-5-13)19-15(17)20/h2-8,18H,9H2,1H3,(H3,17,19,20). The molecule has 2 amide bonds. The second kappa shape index (κ2) is 6.06. The topological polar surface area (TPSA) is 67.2 Å². The first-order chi connectivity index (χ1) is 9.54. The van der Waals surface area contributed by atoms with Crippen LogP contribution in [0.15, 0.2) is 42.5 Å². The maximum absolute atomic E-state index is 13.2. The number of primary amides is 1. The predicted molar refractivity (Wildman–Crippen MR) is 78.1 cm³/mol. The van der Waals surface area contributed by atoms with Crippen LogP contribution in [0.3, 0.4) is 0 Å². The Bertz CT molecular complexity index is 611. The second-order valence-corrected chi connectivity index (χ2v) is 4.49. The van der Waals surface area contributed by atoms with Crippen LogP contribution in [-0.4, -0.2) is 6.03 Å². The zero-order valence-electron chi connectivity index (χ0n) is 11.1. The molecule has 5 heteroatoms. The van der Waals surface area contributed by atoms with E-state index in [9.17, 15) is 9.18 Å². The highest BCUT2D eigenvalue weighted by molar-refractivity contribution is 5.87. The van der Waals surface area contributed by atoms with Gasteiger partial charge >= 0.3 is 6.03 Å². The molecule has 0 aromatic heterocycles. The zero-order valence-corrected chi connectivity index (χ0v) is 11.1. The number of carbonyl (C=O) groups is 1. The van der Waals surface area contributed by atoms with E-state index >= 15 is 0 Å². The maximum atomic E-state index is 13.2. The van der Waals surface area contributed by atoms with Gasteiger partial charge in [-0.25, -0.2) is 9.18 Å². The van der Waals surface area contributed by atoms with Gasteiger partial charge < -0.3 is 16.4 Å². The van der Waals surface area contributed by atoms with Crippen molar-refractivity contribution in [2.45, 2.75) is 13.5 Å². The number of nitrogens with two attached hydrogens (primary N) is 1. The summed E-state index contributed by atoms with van der Waals surface area (Å²) in [4.78, 5) is 10.7. The van der Waals surface area contributed by atoms with Gasteiger partial charge in [-0.3, -0.25) is 0 Å². The van der Waals surface area contributed by atoms with Crippen molar-refractivity contribution in [3.63, 3.8) is 0 Å². The molecule has 0 radical (unpaired) electrons. The average molecular weight is 273 g/mol. The number of anilines is 2. The van der Waals surface area contributed by atoms with E-state index in [4.69, 9.17) is 5.73 Å². The Hall–Kier alpha value is -2.56. The Balaban J connectivity index is 2.00. The molecule has 0 unspecified atom stereocenters. The monoisotopic (exact) mass is 273 g/mol. The van der Waals surface area contributed by atoms with Crippen LogP contribution < -0.4 is 16.4 Å². The Morgan fingerprint density at radius 2 is 1.80 bits per heavy atom. The van der Waals surface area contributed by atoms with Crippen LogP contribution in [0.2, 0.25) is 0 Å². The highest BCUT2D eigenvalue weighted by Crippen LogP contribution is 2.16. The van der Waals surface area contributed by atoms with Gasteiger partial charge in [-0.05, 0) is 54.4 Å². The summed E-state index contributed by atoms with van der Waals surface area (Å²) in [6.07, 6.45) is 0. The van der Waals surface area contributed by atoms with E-state index in [0.29, 0.717) is 12.2 Å². The smallest absolute Gasteiger partial charge is 0.316 e. The van der Waals surface area contributed by atoms with Gasteiger partial charge in [0.2, 0.25) is 0 Å². The molecular weight excluding hydrogens is 257 g/mol. The van der Waals surface area contributed by atoms with E-state index in [-0.39, 0.29) is 5.82 Å². The first-order valence-electron chi connectivity index (χ1n) is 6.20. The molecule has 0 aliphatic rings. The van der Waals surface area contributed by atoms with E-state index < -0.39 is 6.03 Å². The third-order valence-corrected chi connectivity index (χ3v) is 2.95. The summed E-state index contributed by atoms with van der Waals surface area (Å²) >= 11 is 0. The van der Waals surface area contributed by atoms with Crippen LogP contribution in [0.5, 0.6) is 0 Å². The number of halogens is 1. The molecule has 104 valence electrons. The molecule has 4 N–H and O–H groups in total. The number of hydrogen-bond donors (Lipinski definition) is 3.